The van der Waals surface area contributed by atoms with E-state index in [4.69, 9.17) is 5.73 Å². The number of carbonyl (C=O) groups excluding carboxylic acids is 1. The van der Waals surface area contributed by atoms with Crippen molar-refractivity contribution in [2.45, 2.75) is 46.2 Å². The second-order valence-electron chi connectivity index (χ2n) is 8.71. The lowest BCUT2D eigenvalue weighted by Crippen LogP contribution is -2.15. The number of hydrogen-bond acceptors (Lipinski definition) is 6. The molecule has 10 nitrogen and oxygen atoms in total. The number of carbonyl (C=O) groups is 1. The Morgan fingerprint density at radius 1 is 1.21 bits per heavy atom. The van der Waals surface area contributed by atoms with Crippen molar-refractivity contribution in [2.24, 2.45) is 5.73 Å². The Bertz CT molecular complexity index is 1280. The number of benzene rings is 1. The van der Waals surface area contributed by atoms with E-state index in [1.165, 1.54) is 0 Å². The van der Waals surface area contributed by atoms with E-state index in [9.17, 15) is 4.79 Å². The van der Waals surface area contributed by atoms with Crippen LogP contribution >= 0.6 is 0 Å². The molecule has 0 fully saturated rings. The molecular weight excluding hydrogens is 418 g/mol. The summed E-state index contributed by atoms with van der Waals surface area (Å²) in [6.07, 6.45) is 3.84. The highest BCUT2D eigenvalue weighted by Crippen LogP contribution is 2.31. The van der Waals surface area contributed by atoms with Gasteiger partial charge in [0.25, 0.3) is 0 Å². The van der Waals surface area contributed by atoms with Gasteiger partial charge in [-0.1, -0.05) is 0 Å². The summed E-state index contributed by atoms with van der Waals surface area (Å²) < 4.78 is 3.84. The third kappa shape index (κ3) is 4.51. The average Bonchev–Trinajstić information content (AvgIpc) is 3.50. The first-order chi connectivity index (χ1) is 15.8. The summed E-state index contributed by atoms with van der Waals surface area (Å²) in [5.41, 5.74) is 9.44. The van der Waals surface area contributed by atoms with Gasteiger partial charge in [0, 0.05) is 29.1 Å². The van der Waals surface area contributed by atoms with Gasteiger partial charge in [0.1, 0.15) is 5.69 Å². The Balaban J connectivity index is 1.76. The average molecular weight is 450 g/mol. The van der Waals surface area contributed by atoms with E-state index in [1.807, 2.05) is 41.5 Å². The van der Waals surface area contributed by atoms with Crippen LogP contribution < -0.4 is 5.73 Å². The van der Waals surface area contributed by atoms with Crippen LogP contribution in [0.1, 0.15) is 48.8 Å². The summed E-state index contributed by atoms with van der Waals surface area (Å²) in [6.45, 7) is 7.84. The highest BCUT2D eigenvalue weighted by molar-refractivity contribution is 6.02. The number of nitrogens with one attached hydrogen (secondary N) is 1. The zero-order valence-corrected chi connectivity index (χ0v) is 19.8. The molecule has 1 amide bonds. The van der Waals surface area contributed by atoms with E-state index in [1.54, 1.807) is 6.07 Å². The van der Waals surface area contributed by atoms with Crippen LogP contribution in [-0.2, 0) is 6.54 Å². The van der Waals surface area contributed by atoms with Crippen molar-refractivity contribution in [3.8, 4) is 22.9 Å². The smallest absolute Gasteiger partial charge is 0.248 e. The van der Waals surface area contributed by atoms with Crippen molar-refractivity contribution in [1.82, 2.24) is 39.6 Å². The molecule has 33 heavy (non-hydrogen) atoms. The van der Waals surface area contributed by atoms with Gasteiger partial charge >= 0.3 is 0 Å². The van der Waals surface area contributed by atoms with Crippen LogP contribution in [0.4, 0.5) is 0 Å². The molecule has 0 bridgehead atoms. The predicted molar refractivity (Wildman–Crippen MR) is 128 cm³/mol. The van der Waals surface area contributed by atoms with Crippen molar-refractivity contribution in [2.75, 3.05) is 20.6 Å². The van der Waals surface area contributed by atoms with Gasteiger partial charge in [-0.25, -0.2) is 0 Å². The van der Waals surface area contributed by atoms with E-state index in [0.717, 1.165) is 53.8 Å². The number of nitrogens with two attached hydrogens (primary N) is 1. The fraction of sp³-hybridized carbons (Fsp3) is 0.435. The highest BCUT2D eigenvalue weighted by atomic mass is 16.1. The van der Waals surface area contributed by atoms with Crippen LogP contribution in [0.25, 0.3) is 33.8 Å². The molecule has 3 aromatic heterocycles. The third-order valence-electron chi connectivity index (χ3n) is 5.83. The summed E-state index contributed by atoms with van der Waals surface area (Å²) in [5, 5.41) is 18.8. The van der Waals surface area contributed by atoms with Crippen LogP contribution in [0, 0.1) is 6.92 Å². The summed E-state index contributed by atoms with van der Waals surface area (Å²) in [7, 11) is 4.14. The standard InChI is InChI=1S/C23H31N9O/c1-6-31-20(10-14(2)29-31)23-26-22(27-28-23)17-11-16(21(24)33)12-19-18(17)13-25-32(19)15(3)8-7-9-30(4)5/h10-13,15H,6-9H2,1-5H3,(H2,24,33)(H,26,27,28). The monoisotopic (exact) mass is 449 g/mol. The molecule has 4 rings (SSSR count). The van der Waals surface area contributed by atoms with Crippen LogP contribution in [0.2, 0.25) is 0 Å². The van der Waals surface area contributed by atoms with E-state index in [0.29, 0.717) is 17.2 Å². The van der Waals surface area contributed by atoms with Gasteiger partial charge < -0.3 is 15.6 Å². The number of aromatic nitrogens is 7. The van der Waals surface area contributed by atoms with Crippen molar-refractivity contribution in [3.63, 3.8) is 0 Å². The van der Waals surface area contributed by atoms with Crippen LogP contribution in [0.15, 0.2) is 24.4 Å². The second kappa shape index (κ2) is 9.14. The molecule has 174 valence electrons. The Morgan fingerprint density at radius 3 is 2.67 bits per heavy atom. The minimum absolute atomic E-state index is 0.172. The number of hydrogen-bond donors (Lipinski definition) is 2. The van der Waals surface area contributed by atoms with Gasteiger partial charge in [0.15, 0.2) is 11.6 Å². The first-order valence-electron chi connectivity index (χ1n) is 11.2. The lowest BCUT2D eigenvalue weighted by Gasteiger charge is -2.16. The minimum Gasteiger partial charge on any atom is -0.366 e. The van der Waals surface area contributed by atoms with Gasteiger partial charge in [-0.3, -0.25) is 14.2 Å². The van der Waals surface area contributed by atoms with Crippen molar-refractivity contribution < 1.29 is 4.79 Å². The molecule has 0 aliphatic carbocycles. The van der Waals surface area contributed by atoms with Crippen LogP contribution in [0.5, 0.6) is 0 Å². The summed E-state index contributed by atoms with van der Waals surface area (Å²) in [4.78, 5) is 17.6. The molecule has 1 unspecified atom stereocenters. The van der Waals surface area contributed by atoms with Crippen molar-refractivity contribution in [3.05, 3.63) is 35.7 Å². The number of nitrogens with zero attached hydrogens (tertiary/aromatic N) is 7. The van der Waals surface area contributed by atoms with E-state index >= 15 is 0 Å². The fourth-order valence-corrected chi connectivity index (χ4v) is 4.14. The predicted octanol–water partition coefficient (Wildman–Crippen LogP) is 3.01. The number of primary amides is 1. The zero-order chi connectivity index (χ0) is 23.7. The molecule has 1 atom stereocenters. The molecule has 3 heterocycles. The van der Waals surface area contributed by atoms with Crippen molar-refractivity contribution >= 4 is 16.8 Å². The zero-order valence-electron chi connectivity index (χ0n) is 19.8. The van der Waals surface area contributed by atoms with E-state index < -0.39 is 5.91 Å². The Labute approximate surface area is 192 Å². The Kier molecular flexibility index (Phi) is 6.28. The third-order valence-corrected chi connectivity index (χ3v) is 5.83. The van der Waals surface area contributed by atoms with Crippen molar-refractivity contribution in [1.29, 1.82) is 0 Å². The molecular formula is C23H31N9O. The summed E-state index contributed by atoms with van der Waals surface area (Å²) >= 11 is 0. The maximum absolute atomic E-state index is 12.1. The molecule has 0 aliphatic heterocycles. The molecule has 3 N–H and O–H groups in total. The SMILES string of the molecule is CCn1nc(C)cc1-c1nnc(-c2cc(C(N)=O)cc3c2cnn3C(C)CCCN(C)C)[nH]1. The topological polar surface area (TPSA) is 124 Å². The second-order valence-corrected chi connectivity index (χ2v) is 8.71. The van der Waals surface area contributed by atoms with E-state index in [-0.39, 0.29) is 6.04 Å². The molecule has 4 aromatic rings. The lowest BCUT2D eigenvalue weighted by atomic mass is 10.0. The first kappa shape index (κ1) is 22.7. The summed E-state index contributed by atoms with van der Waals surface area (Å²) in [6, 6.07) is 5.70. The Morgan fingerprint density at radius 2 is 1.97 bits per heavy atom. The van der Waals surface area contributed by atoms with Crippen LogP contribution in [-0.4, -0.2) is 66.2 Å². The molecule has 10 heteroatoms. The molecule has 0 saturated carbocycles. The fourth-order valence-electron chi connectivity index (χ4n) is 4.14. The number of rotatable bonds is 9. The van der Waals surface area contributed by atoms with Crippen LogP contribution in [0.3, 0.4) is 0 Å². The number of aromatic amines is 1. The van der Waals surface area contributed by atoms with E-state index in [2.05, 4.69) is 51.3 Å². The summed E-state index contributed by atoms with van der Waals surface area (Å²) in [5.74, 6) is 0.680. The molecule has 0 aliphatic rings. The van der Waals surface area contributed by atoms with Gasteiger partial charge in [-0.2, -0.15) is 10.2 Å². The first-order valence-corrected chi connectivity index (χ1v) is 11.2. The number of H-pyrrole nitrogens is 1. The van der Waals surface area contributed by atoms with Gasteiger partial charge in [0.2, 0.25) is 5.91 Å². The Hall–Kier alpha value is -3.53. The van der Waals surface area contributed by atoms with Gasteiger partial charge in [-0.05, 0) is 72.5 Å². The minimum atomic E-state index is -0.495. The quantitative estimate of drug-likeness (QED) is 0.405. The molecule has 1 aromatic carbocycles. The highest BCUT2D eigenvalue weighted by Gasteiger charge is 2.20. The molecule has 0 spiro atoms. The molecule has 0 saturated heterocycles. The molecule has 0 radical (unpaired) electrons. The maximum atomic E-state index is 12.1. The normalized spacial score (nSPS) is 12.7. The number of amides is 1. The van der Waals surface area contributed by atoms with Gasteiger partial charge in [-0.15, -0.1) is 10.2 Å². The number of fused-ring (bicyclic) bond motifs is 1. The maximum Gasteiger partial charge on any atom is 0.248 e. The van der Waals surface area contributed by atoms with Gasteiger partial charge in [0.05, 0.1) is 17.4 Å². The lowest BCUT2D eigenvalue weighted by molar-refractivity contribution is 0.100. The largest absolute Gasteiger partial charge is 0.366 e. The number of aryl methyl sites for hydroxylation is 2.